The molecule has 0 saturated carbocycles. The van der Waals surface area contributed by atoms with Gasteiger partial charge in [-0.3, -0.25) is 4.79 Å². The second kappa shape index (κ2) is 4.88. The van der Waals surface area contributed by atoms with Crippen LogP contribution in [-0.4, -0.2) is 21.1 Å². The van der Waals surface area contributed by atoms with E-state index in [4.69, 9.17) is 11.6 Å². The molecule has 1 amide bonds. The van der Waals surface area contributed by atoms with E-state index >= 15 is 0 Å². The standard InChI is InChI=1S/C11H9ClN4O/c1-7-4-5-13-10(6-7)14-11(17)8-2-3-9(12)16-15-8/h2-6H,1H3,(H,13,14,17). The smallest absolute Gasteiger partial charge is 0.277 e. The van der Waals surface area contributed by atoms with Crippen LogP contribution < -0.4 is 5.32 Å². The highest BCUT2D eigenvalue weighted by Crippen LogP contribution is 2.08. The first-order chi connectivity index (χ1) is 8.15. The lowest BCUT2D eigenvalue weighted by atomic mass is 10.3. The summed E-state index contributed by atoms with van der Waals surface area (Å²) >= 11 is 5.58. The van der Waals surface area contributed by atoms with Crippen LogP contribution in [0.25, 0.3) is 0 Å². The number of hydrogen-bond acceptors (Lipinski definition) is 4. The number of carbonyl (C=O) groups is 1. The van der Waals surface area contributed by atoms with Crippen LogP contribution in [0.3, 0.4) is 0 Å². The van der Waals surface area contributed by atoms with Crippen LogP contribution in [0, 0.1) is 6.92 Å². The Morgan fingerprint density at radius 2 is 2.12 bits per heavy atom. The van der Waals surface area contributed by atoms with E-state index in [-0.39, 0.29) is 16.8 Å². The molecular formula is C11H9ClN4O. The third-order valence-electron chi connectivity index (χ3n) is 2.02. The molecule has 2 heterocycles. The van der Waals surface area contributed by atoms with E-state index in [0.29, 0.717) is 5.82 Å². The average molecular weight is 249 g/mol. The number of anilines is 1. The minimum Gasteiger partial charge on any atom is -0.305 e. The molecule has 0 aliphatic heterocycles. The highest BCUT2D eigenvalue weighted by molar-refractivity contribution is 6.29. The van der Waals surface area contributed by atoms with Gasteiger partial charge in [-0.1, -0.05) is 11.6 Å². The number of carbonyl (C=O) groups excluding carboxylic acids is 1. The third-order valence-corrected chi connectivity index (χ3v) is 2.22. The fourth-order valence-electron chi connectivity index (χ4n) is 1.22. The Morgan fingerprint density at radius 1 is 1.29 bits per heavy atom. The molecule has 5 nitrogen and oxygen atoms in total. The van der Waals surface area contributed by atoms with E-state index in [9.17, 15) is 4.79 Å². The Kier molecular flexibility index (Phi) is 3.30. The van der Waals surface area contributed by atoms with Crippen LogP contribution in [0.15, 0.2) is 30.5 Å². The maximum absolute atomic E-state index is 11.7. The number of nitrogens with zero attached hydrogens (tertiary/aromatic N) is 3. The predicted molar refractivity (Wildman–Crippen MR) is 64.0 cm³/mol. The van der Waals surface area contributed by atoms with Crippen molar-refractivity contribution in [3.8, 4) is 0 Å². The molecule has 0 unspecified atom stereocenters. The molecule has 0 aromatic carbocycles. The number of aromatic nitrogens is 3. The van der Waals surface area contributed by atoms with Gasteiger partial charge in [0.05, 0.1) is 0 Å². The number of hydrogen-bond donors (Lipinski definition) is 1. The molecule has 17 heavy (non-hydrogen) atoms. The van der Waals surface area contributed by atoms with Gasteiger partial charge in [-0.2, -0.15) is 0 Å². The molecule has 0 spiro atoms. The molecule has 2 aromatic heterocycles. The zero-order valence-corrected chi connectivity index (χ0v) is 9.77. The van der Waals surface area contributed by atoms with Crippen molar-refractivity contribution in [3.05, 3.63) is 46.9 Å². The lowest BCUT2D eigenvalue weighted by Crippen LogP contribution is -2.15. The molecule has 0 saturated heterocycles. The molecule has 0 aliphatic carbocycles. The first-order valence-corrected chi connectivity index (χ1v) is 5.26. The maximum atomic E-state index is 11.7. The normalized spacial score (nSPS) is 10.0. The summed E-state index contributed by atoms with van der Waals surface area (Å²) in [6.07, 6.45) is 1.62. The van der Waals surface area contributed by atoms with Crippen LogP contribution in [0.5, 0.6) is 0 Å². The van der Waals surface area contributed by atoms with Crippen LogP contribution in [0.1, 0.15) is 16.1 Å². The van der Waals surface area contributed by atoms with Crippen molar-refractivity contribution < 1.29 is 4.79 Å². The van der Waals surface area contributed by atoms with E-state index in [1.165, 1.54) is 12.1 Å². The number of rotatable bonds is 2. The third kappa shape index (κ3) is 2.98. The quantitative estimate of drug-likeness (QED) is 0.884. The molecular weight excluding hydrogens is 240 g/mol. The van der Waals surface area contributed by atoms with Crippen LogP contribution >= 0.6 is 11.6 Å². The number of halogens is 1. The van der Waals surface area contributed by atoms with E-state index in [2.05, 4.69) is 20.5 Å². The number of amides is 1. The number of aryl methyl sites for hydroxylation is 1. The summed E-state index contributed by atoms with van der Waals surface area (Å²) < 4.78 is 0. The highest BCUT2D eigenvalue weighted by atomic mass is 35.5. The Morgan fingerprint density at radius 3 is 2.76 bits per heavy atom. The molecule has 2 aromatic rings. The highest BCUT2D eigenvalue weighted by Gasteiger charge is 2.08. The summed E-state index contributed by atoms with van der Waals surface area (Å²) in [7, 11) is 0. The second-order valence-electron chi connectivity index (χ2n) is 3.41. The topological polar surface area (TPSA) is 67.8 Å². The second-order valence-corrected chi connectivity index (χ2v) is 3.80. The summed E-state index contributed by atoms with van der Waals surface area (Å²) in [5.74, 6) is 0.110. The van der Waals surface area contributed by atoms with Crippen molar-refractivity contribution in [2.75, 3.05) is 5.32 Å². The van der Waals surface area contributed by atoms with E-state index in [1.54, 1.807) is 12.3 Å². The Labute approximate surface area is 103 Å². The van der Waals surface area contributed by atoms with Gasteiger partial charge in [0, 0.05) is 6.20 Å². The van der Waals surface area contributed by atoms with E-state index in [0.717, 1.165) is 5.56 Å². The largest absolute Gasteiger partial charge is 0.305 e. The van der Waals surface area contributed by atoms with Crippen molar-refractivity contribution in [1.82, 2.24) is 15.2 Å². The van der Waals surface area contributed by atoms with Crippen molar-refractivity contribution in [1.29, 1.82) is 0 Å². The summed E-state index contributed by atoms with van der Waals surface area (Å²) in [4.78, 5) is 15.8. The number of pyridine rings is 1. The zero-order chi connectivity index (χ0) is 12.3. The molecule has 0 radical (unpaired) electrons. The molecule has 0 atom stereocenters. The molecule has 6 heteroatoms. The molecule has 0 fully saturated rings. The molecule has 86 valence electrons. The Bertz CT molecular complexity index is 541. The van der Waals surface area contributed by atoms with Gasteiger partial charge in [0.15, 0.2) is 10.8 Å². The maximum Gasteiger partial charge on any atom is 0.277 e. The summed E-state index contributed by atoms with van der Waals surface area (Å²) in [6.45, 7) is 1.92. The molecule has 0 aliphatic rings. The van der Waals surface area contributed by atoms with Crippen LogP contribution in [0.4, 0.5) is 5.82 Å². The van der Waals surface area contributed by atoms with Crippen molar-refractivity contribution >= 4 is 23.3 Å². The summed E-state index contributed by atoms with van der Waals surface area (Å²) in [5.41, 5.74) is 1.20. The van der Waals surface area contributed by atoms with Gasteiger partial charge in [0.2, 0.25) is 0 Å². The van der Waals surface area contributed by atoms with Crippen molar-refractivity contribution in [2.45, 2.75) is 6.92 Å². The van der Waals surface area contributed by atoms with Gasteiger partial charge in [-0.25, -0.2) is 4.98 Å². The van der Waals surface area contributed by atoms with Crippen molar-refractivity contribution in [3.63, 3.8) is 0 Å². The van der Waals surface area contributed by atoms with Gasteiger partial charge < -0.3 is 5.32 Å². The monoisotopic (exact) mass is 248 g/mol. The summed E-state index contributed by atoms with van der Waals surface area (Å²) in [5, 5.41) is 10.1. The van der Waals surface area contributed by atoms with Crippen LogP contribution in [-0.2, 0) is 0 Å². The predicted octanol–water partition coefficient (Wildman–Crippen LogP) is 2.09. The van der Waals surface area contributed by atoms with Gasteiger partial charge >= 0.3 is 0 Å². The summed E-state index contributed by atoms with van der Waals surface area (Å²) in [6, 6.07) is 6.62. The van der Waals surface area contributed by atoms with Gasteiger partial charge in [-0.15, -0.1) is 10.2 Å². The molecule has 2 rings (SSSR count). The Balaban J connectivity index is 2.14. The first-order valence-electron chi connectivity index (χ1n) is 4.88. The minimum absolute atomic E-state index is 0.192. The van der Waals surface area contributed by atoms with Gasteiger partial charge in [0.25, 0.3) is 5.91 Å². The first kappa shape index (κ1) is 11.5. The molecule has 0 bridgehead atoms. The van der Waals surface area contributed by atoms with E-state index < -0.39 is 0 Å². The minimum atomic E-state index is -0.368. The lowest BCUT2D eigenvalue weighted by molar-refractivity contribution is 0.102. The zero-order valence-electron chi connectivity index (χ0n) is 9.01. The SMILES string of the molecule is Cc1ccnc(NC(=O)c2ccc(Cl)nn2)c1. The lowest BCUT2D eigenvalue weighted by Gasteiger charge is -2.03. The fraction of sp³-hybridized carbons (Fsp3) is 0.0909. The average Bonchev–Trinajstić information content (AvgIpc) is 2.29. The molecule has 1 N–H and O–H groups in total. The van der Waals surface area contributed by atoms with Crippen molar-refractivity contribution in [2.24, 2.45) is 0 Å². The van der Waals surface area contributed by atoms with Crippen LogP contribution in [0.2, 0.25) is 5.15 Å². The Hall–Kier alpha value is -2.01. The van der Waals surface area contributed by atoms with Gasteiger partial charge in [-0.05, 0) is 36.8 Å². The fourth-order valence-corrected chi connectivity index (χ4v) is 1.32. The van der Waals surface area contributed by atoms with Gasteiger partial charge in [0.1, 0.15) is 5.82 Å². The van der Waals surface area contributed by atoms with E-state index in [1.807, 2.05) is 13.0 Å². The number of nitrogens with one attached hydrogen (secondary N) is 1.